The number of hydrogen-bond donors (Lipinski definition) is 1. The Kier molecular flexibility index (Phi) is 3.06. The molecule has 0 amide bonds. The first-order chi connectivity index (χ1) is 9.07. The smallest absolute Gasteiger partial charge is 0.310 e. The Bertz CT molecular complexity index is 700. The lowest BCUT2D eigenvalue weighted by Crippen LogP contribution is -2.18. The van der Waals surface area contributed by atoms with Crippen LogP contribution in [0.25, 0.3) is 11.0 Å². The van der Waals surface area contributed by atoms with Gasteiger partial charge in [-0.3, -0.25) is 4.55 Å². The van der Waals surface area contributed by atoms with Gasteiger partial charge in [0.2, 0.25) is 0 Å². The van der Waals surface area contributed by atoms with E-state index in [1.165, 1.54) is 6.42 Å². The van der Waals surface area contributed by atoms with Crippen molar-refractivity contribution in [1.29, 1.82) is 0 Å². The largest absolute Gasteiger partial charge is 0.328 e. The molecule has 1 heterocycles. The fourth-order valence-corrected chi connectivity index (χ4v) is 3.61. The van der Waals surface area contributed by atoms with Crippen LogP contribution in [-0.4, -0.2) is 22.5 Å². The van der Waals surface area contributed by atoms with Gasteiger partial charge in [-0.05, 0) is 25.0 Å². The topological polar surface area (TPSA) is 72.2 Å². The fourth-order valence-electron chi connectivity index (χ4n) is 2.90. The van der Waals surface area contributed by atoms with Crippen LogP contribution in [0.3, 0.4) is 0 Å². The van der Waals surface area contributed by atoms with Crippen LogP contribution < -0.4 is 0 Å². The first-order valence-electron chi connectivity index (χ1n) is 6.52. The zero-order valence-electron chi connectivity index (χ0n) is 10.5. The second kappa shape index (κ2) is 4.61. The molecule has 0 unspecified atom stereocenters. The van der Waals surface area contributed by atoms with Crippen LogP contribution in [0.4, 0.5) is 0 Å². The molecule has 6 heteroatoms. The number of nitrogens with zero attached hydrogens (tertiary/aromatic N) is 2. The number of fused-ring (bicyclic) bond motifs is 1. The van der Waals surface area contributed by atoms with Gasteiger partial charge in [0.15, 0.2) is 0 Å². The molecule has 2 aromatic rings. The Labute approximate surface area is 112 Å². The van der Waals surface area contributed by atoms with Crippen molar-refractivity contribution in [3.8, 4) is 0 Å². The summed E-state index contributed by atoms with van der Waals surface area (Å²) < 4.78 is 34.2. The third kappa shape index (κ3) is 2.26. The van der Waals surface area contributed by atoms with Gasteiger partial charge in [0.25, 0.3) is 5.16 Å². The highest BCUT2D eigenvalue weighted by molar-refractivity contribution is 7.85. The second-order valence-corrected chi connectivity index (χ2v) is 6.34. The van der Waals surface area contributed by atoms with Crippen molar-refractivity contribution >= 4 is 21.2 Å². The van der Waals surface area contributed by atoms with E-state index in [2.05, 4.69) is 4.98 Å². The minimum Gasteiger partial charge on any atom is -0.310 e. The molecule has 1 N–H and O–H groups in total. The molecule has 1 aromatic heterocycles. The second-order valence-electron chi connectivity index (χ2n) is 5.02. The molecular weight excluding hydrogens is 264 g/mol. The molecular formula is C13H16N2O3S. The average molecular weight is 280 g/mol. The van der Waals surface area contributed by atoms with Crippen molar-refractivity contribution in [2.75, 3.05) is 0 Å². The molecule has 0 saturated heterocycles. The van der Waals surface area contributed by atoms with Crippen molar-refractivity contribution in [3.05, 3.63) is 24.3 Å². The van der Waals surface area contributed by atoms with Gasteiger partial charge >= 0.3 is 10.1 Å². The molecule has 1 aliphatic carbocycles. The number of aromatic nitrogens is 2. The summed E-state index contributed by atoms with van der Waals surface area (Å²) in [6.07, 6.45) is 5.22. The maximum atomic E-state index is 11.5. The Balaban J connectivity index is 2.24. The van der Waals surface area contributed by atoms with Gasteiger partial charge in [-0.1, -0.05) is 31.4 Å². The van der Waals surface area contributed by atoms with Crippen LogP contribution in [0.2, 0.25) is 0 Å². The predicted octanol–water partition coefficient (Wildman–Crippen LogP) is 2.79. The third-order valence-electron chi connectivity index (χ3n) is 3.73. The Morgan fingerprint density at radius 2 is 1.84 bits per heavy atom. The highest BCUT2D eigenvalue weighted by Crippen LogP contribution is 2.33. The van der Waals surface area contributed by atoms with E-state index in [0.717, 1.165) is 31.2 Å². The quantitative estimate of drug-likeness (QED) is 0.858. The summed E-state index contributed by atoms with van der Waals surface area (Å²) in [5.74, 6) is 0. The first kappa shape index (κ1) is 12.6. The molecule has 3 rings (SSSR count). The first-order valence-corrected chi connectivity index (χ1v) is 7.96. The van der Waals surface area contributed by atoms with E-state index >= 15 is 0 Å². The number of hydrogen-bond acceptors (Lipinski definition) is 3. The summed E-state index contributed by atoms with van der Waals surface area (Å²) >= 11 is 0. The Morgan fingerprint density at radius 1 is 1.16 bits per heavy atom. The summed E-state index contributed by atoms with van der Waals surface area (Å²) in [5, 5.41) is -0.222. The fraction of sp³-hybridized carbons (Fsp3) is 0.462. The van der Waals surface area contributed by atoms with Crippen molar-refractivity contribution < 1.29 is 13.0 Å². The summed E-state index contributed by atoms with van der Waals surface area (Å²) in [7, 11) is -4.29. The van der Waals surface area contributed by atoms with Crippen LogP contribution in [0.1, 0.15) is 38.1 Å². The molecule has 1 fully saturated rings. The van der Waals surface area contributed by atoms with Crippen molar-refractivity contribution in [3.63, 3.8) is 0 Å². The van der Waals surface area contributed by atoms with E-state index in [4.69, 9.17) is 0 Å². The van der Waals surface area contributed by atoms with Gasteiger partial charge in [0.1, 0.15) is 0 Å². The average Bonchev–Trinajstić information content (AvgIpc) is 2.79. The van der Waals surface area contributed by atoms with Crippen molar-refractivity contribution in [1.82, 2.24) is 9.55 Å². The van der Waals surface area contributed by atoms with E-state index in [9.17, 15) is 13.0 Å². The van der Waals surface area contributed by atoms with Crippen molar-refractivity contribution in [2.24, 2.45) is 0 Å². The van der Waals surface area contributed by atoms with Crippen LogP contribution >= 0.6 is 0 Å². The summed E-state index contributed by atoms with van der Waals surface area (Å²) in [6.45, 7) is 0. The lowest BCUT2D eigenvalue weighted by atomic mass is 9.95. The van der Waals surface area contributed by atoms with E-state index in [1.54, 1.807) is 10.6 Å². The number of rotatable bonds is 2. The van der Waals surface area contributed by atoms with Crippen LogP contribution in [-0.2, 0) is 10.1 Å². The molecule has 19 heavy (non-hydrogen) atoms. The SMILES string of the molecule is O=S(=O)(O)c1nc2ccccc2n1C1CCCCC1. The monoisotopic (exact) mass is 280 g/mol. The van der Waals surface area contributed by atoms with E-state index in [1.807, 2.05) is 18.2 Å². The summed E-state index contributed by atoms with van der Waals surface area (Å²) in [6, 6.07) is 7.40. The van der Waals surface area contributed by atoms with Gasteiger partial charge in [-0.15, -0.1) is 0 Å². The lowest BCUT2D eigenvalue weighted by molar-refractivity contribution is 0.336. The van der Waals surface area contributed by atoms with Crippen LogP contribution in [0, 0.1) is 0 Å². The zero-order chi connectivity index (χ0) is 13.5. The highest BCUT2D eigenvalue weighted by atomic mass is 32.2. The molecule has 0 aliphatic heterocycles. The van der Waals surface area contributed by atoms with Gasteiger partial charge < -0.3 is 4.57 Å². The molecule has 1 aromatic carbocycles. The minimum absolute atomic E-state index is 0.109. The summed E-state index contributed by atoms with van der Waals surface area (Å²) in [5.41, 5.74) is 1.39. The Morgan fingerprint density at radius 3 is 2.53 bits per heavy atom. The number of benzene rings is 1. The maximum absolute atomic E-state index is 11.5. The summed E-state index contributed by atoms with van der Waals surface area (Å²) in [4.78, 5) is 4.08. The van der Waals surface area contributed by atoms with Gasteiger partial charge in [0.05, 0.1) is 11.0 Å². The maximum Gasteiger partial charge on any atom is 0.328 e. The third-order valence-corrected chi connectivity index (χ3v) is 4.48. The molecule has 0 atom stereocenters. The molecule has 0 bridgehead atoms. The molecule has 1 saturated carbocycles. The number of imidazole rings is 1. The van der Waals surface area contributed by atoms with Gasteiger partial charge in [-0.25, -0.2) is 4.98 Å². The molecule has 0 radical (unpaired) electrons. The van der Waals surface area contributed by atoms with Gasteiger partial charge in [-0.2, -0.15) is 8.42 Å². The van der Waals surface area contributed by atoms with E-state index in [-0.39, 0.29) is 11.2 Å². The zero-order valence-corrected chi connectivity index (χ0v) is 11.3. The van der Waals surface area contributed by atoms with Gasteiger partial charge in [0, 0.05) is 6.04 Å². The van der Waals surface area contributed by atoms with E-state index in [0.29, 0.717) is 5.52 Å². The lowest BCUT2D eigenvalue weighted by Gasteiger charge is -2.24. The Hall–Kier alpha value is -1.40. The standard InChI is InChI=1S/C13H16N2O3S/c16-19(17,18)13-14-11-8-4-5-9-12(11)15(13)10-6-2-1-3-7-10/h4-5,8-10H,1-3,6-7H2,(H,16,17,18). The van der Waals surface area contributed by atoms with Crippen molar-refractivity contribution in [2.45, 2.75) is 43.3 Å². The van der Waals surface area contributed by atoms with E-state index < -0.39 is 10.1 Å². The molecule has 0 spiro atoms. The normalized spacial score (nSPS) is 17.9. The van der Waals surface area contributed by atoms with Crippen LogP contribution in [0.15, 0.2) is 29.4 Å². The van der Waals surface area contributed by atoms with Crippen LogP contribution in [0.5, 0.6) is 0 Å². The molecule has 102 valence electrons. The molecule has 5 nitrogen and oxygen atoms in total. The molecule has 1 aliphatic rings. The number of para-hydroxylation sites is 2. The predicted molar refractivity (Wildman–Crippen MR) is 71.7 cm³/mol. The minimum atomic E-state index is -4.29. The highest BCUT2D eigenvalue weighted by Gasteiger charge is 2.27.